The second-order valence-corrected chi connectivity index (χ2v) is 10.7. The van der Waals surface area contributed by atoms with Crippen LogP contribution in [0, 0.1) is 5.82 Å². The number of carboxylic acid groups (broad SMARTS) is 1. The lowest BCUT2D eigenvalue weighted by atomic mass is 10.1. The Morgan fingerprint density at radius 3 is 2.66 bits per heavy atom. The fourth-order valence-corrected chi connectivity index (χ4v) is 5.38. The van der Waals surface area contributed by atoms with E-state index < -0.39 is 11.8 Å². The smallest absolute Gasteiger partial charge is 0.354 e. The number of hydrogen-bond donors (Lipinski definition) is 1. The van der Waals surface area contributed by atoms with Gasteiger partial charge in [0, 0.05) is 49.4 Å². The van der Waals surface area contributed by atoms with Crippen molar-refractivity contribution in [2.24, 2.45) is 0 Å². The van der Waals surface area contributed by atoms with Gasteiger partial charge in [0.1, 0.15) is 29.6 Å². The summed E-state index contributed by atoms with van der Waals surface area (Å²) in [5.41, 5.74) is 1.65. The number of piperazine rings is 1. The summed E-state index contributed by atoms with van der Waals surface area (Å²) in [4.78, 5) is 30.1. The normalized spacial score (nSPS) is 18.3. The molecule has 1 aromatic carbocycles. The number of anilines is 1. The number of ether oxygens (including phenoxy) is 2. The van der Waals surface area contributed by atoms with Crippen molar-refractivity contribution in [3.63, 3.8) is 0 Å². The fraction of sp³-hybridized carbons (Fsp3) is 0.379. The summed E-state index contributed by atoms with van der Waals surface area (Å²) >= 11 is 5.84. The molecular formula is C29H30ClFN6O4. The number of pyridine rings is 2. The highest BCUT2D eigenvalue weighted by atomic mass is 35.5. The van der Waals surface area contributed by atoms with E-state index >= 15 is 0 Å². The molecule has 0 bridgehead atoms. The Labute approximate surface area is 241 Å². The molecular weight excluding hydrogens is 551 g/mol. The molecule has 0 unspecified atom stereocenters. The Kier molecular flexibility index (Phi) is 7.74. The molecule has 1 N–H and O–H groups in total. The van der Waals surface area contributed by atoms with Crippen LogP contribution in [0.2, 0.25) is 5.02 Å². The van der Waals surface area contributed by atoms with Crippen molar-refractivity contribution in [3.8, 4) is 5.88 Å². The number of aromatic carboxylic acids is 1. The molecule has 214 valence electrons. The van der Waals surface area contributed by atoms with Crippen LogP contribution in [-0.4, -0.2) is 74.4 Å². The third kappa shape index (κ3) is 5.83. The third-order valence-corrected chi connectivity index (χ3v) is 7.91. The van der Waals surface area contributed by atoms with Gasteiger partial charge in [0.15, 0.2) is 11.3 Å². The van der Waals surface area contributed by atoms with Gasteiger partial charge in [0.2, 0.25) is 5.88 Å². The van der Waals surface area contributed by atoms with E-state index in [1.54, 1.807) is 24.3 Å². The van der Waals surface area contributed by atoms with Gasteiger partial charge in [-0.3, -0.25) is 4.90 Å². The standard InChI is InChI=1S/C29H30ClFN6O4/c1-18(27-32-23-7-8-24(29(38)39)33-28(23)37(27)16-21-9-14-40-21)35-10-12-36(13-11-35)25-3-2-4-26(34-25)41-17-19-5-6-20(30)15-22(19)31/h2-8,15,18,21H,9-14,16-17H2,1H3,(H,38,39)/t18-,21+/m1/s1. The van der Waals surface area contributed by atoms with Crippen molar-refractivity contribution in [1.29, 1.82) is 0 Å². The Hall–Kier alpha value is -3.80. The maximum absolute atomic E-state index is 14.1. The SMILES string of the molecule is C[C@H](c1nc2ccc(C(=O)O)nc2n1C[C@@H]1CCO1)N1CCN(c2cccc(OCc3ccc(Cl)cc3F)n2)CC1. The van der Waals surface area contributed by atoms with Crippen molar-refractivity contribution in [2.45, 2.75) is 38.6 Å². The zero-order valence-electron chi connectivity index (χ0n) is 22.5. The van der Waals surface area contributed by atoms with E-state index in [1.165, 1.54) is 12.1 Å². The van der Waals surface area contributed by atoms with Crippen LogP contribution in [-0.2, 0) is 17.9 Å². The number of carboxylic acids is 1. The molecule has 2 saturated heterocycles. The molecule has 0 aliphatic carbocycles. The van der Waals surface area contributed by atoms with Crippen molar-refractivity contribution in [3.05, 3.63) is 76.5 Å². The topological polar surface area (TPSA) is 106 Å². The molecule has 3 aromatic heterocycles. The van der Waals surface area contributed by atoms with Gasteiger partial charge in [0.25, 0.3) is 0 Å². The number of fused-ring (bicyclic) bond motifs is 1. The molecule has 2 aliphatic heterocycles. The first-order valence-electron chi connectivity index (χ1n) is 13.6. The van der Waals surface area contributed by atoms with E-state index in [4.69, 9.17) is 26.1 Å². The van der Waals surface area contributed by atoms with E-state index in [1.807, 2.05) is 16.7 Å². The number of carbonyl (C=O) groups is 1. The van der Waals surface area contributed by atoms with Gasteiger partial charge in [-0.2, -0.15) is 4.98 Å². The highest BCUT2D eigenvalue weighted by molar-refractivity contribution is 6.30. The van der Waals surface area contributed by atoms with Crippen LogP contribution in [0.5, 0.6) is 5.88 Å². The maximum Gasteiger partial charge on any atom is 0.354 e. The number of benzene rings is 1. The van der Waals surface area contributed by atoms with Crippen LogP contribution >= 0.6 is 11.6 Å². The predicted octanol–water partition coefficient (Wildman–Crippen LogP) is 4.57. The van der Waals surface area contributed by atoms with Gasteiger partial charge in [-0.25, -0.2) is 19.2 Å². The van der Waals surface area contributed by atoms with Gasteiger partial charge < -0.3 is 24.0 Å². The first-order chi connectivity index (χ1) is 19.9. The van der Waals surface area contributed by atoms with Crippen LogP contribution in [0.25, 0.3) is 11.2 Å². The average molecular weight is 581 g/mol. The van der Waals surface area contributed by atoms with Gasteiger partial charge in [-0.05, 0) is 43.7 Å². The van der Waals surface area contributed by atoms with E-state index in [2.05, 4.69) is 26.7 Å². The summed E-state index contributed by atoms with van der Waals surface area (Å²) in [6, 6.07) is 13.3. The van der Waals surface area contributed by atoms with E-state index in [0.29, 0.717) is 34.2 Å². The van der Waals surface area contributed by atoms with E-state index in [0.717, 1.165) is 50.8 Å². The Morgan fingerprint density at radius 1 is 1.15 bits per heavy atom. The minimum Gasteiger partial charge on any atom is -0.477 e. The summed E-state index contributed by atoms with van der Waals surface area (Å²) in [6.45, 7) is 6.55. The molecule has 0 amide bonds. The molecule has 6 rings (SSSR count). The second kappa shape index (κ2) is 11.6. The molecule has 5 heterocycles. The molecule has 2 aliphatic rings. The lowest BCUT2D eigenvalue weighted by Crippen LogP contribution is -2.48. The van der Waals surface area contributed by atoms with E-state index in [9.17, 15) is 14.3 Å². The van der Waals surface area contributed by atoms with E-state index in [-0.39, 0.29) is 24.4 Å². The van der Waals surface area contributed by atoms with Crippen LogP contribution in [0.15, 0.2) is 48.5 Å². The molecule has 2 atom stereocenters. The molecule has 0 radical (unpaired) electrons. The molecule has 2 fully saturated rings. The van der Waals surface area contributed by atoms with Gasteiger partial charge >= 0.3 is 5.97 Å². The number of imidazole rings is 1. The number of hydrogen-bond acceptors (Lipinski definition) is 8. The summed E-state index contributed by atoms with van der Waals surface area (Å²) in [5.74, 6) is 0.595. The molecule has 12 heteroatoms. The first-order valence-corrected chi connectivity index (χ1v) is 14.0. The number of halogens is 2. The zero-order chi connectivity index (χ0) is 28.5. The van der Waals surface area contributed by atoms with Crippen LogP contribution in [0.3, 0.4) is 0 Å². The Bertz CT molecular complexity index is 1570. The van der Waals surface area contributed by atoms with Gasteiger partial charge in [-0.15, -0.1) is 0 Å². The van der Waals surface area contributed by atoms with Crippen LogP contribution in [0.1, 0.15) is 41.3 Å². The van der Waals surface area contributed by atoms with Crippen LogP contribution in [0.4, 0.5) is 10.2 Å². The van der Waals surface area contributed by atoms with Gasteiger partial charge in [-0.1, -0.05) is 23.7 Å². The van der Waals surface area contributed by atoms with Crippen molar-refractivity contribution in [1.82, 2.24) is 24.4 Å². The number of nitrogens with zero attached hydrogens (tertiary/aromatic N) is 6. The predicted molar refractivity (Wildman–Crippen MR) is 151 cm³/mol. The lowest BCUT2D eigenvalue weighted by molar-refractivity contribution is -0.0594. The monoisotopic (exact) mass is 580 g/mol. The molecule has 0 spiro atoms. The summed E-state index contributed by atoms with van der Waals surface area (Å²) < 4.78 is 27.6. The van der Waals surface area contributed by atoms with Crippen molar-refractivity contribution < 1.29 is 23.8 Å². The molecule has 41 heavy (non-hydrogen) atoms. The second-order valence-electron chi connectivity index (χ2n) is 10.3. The third-order valence-electron chi connectivity index (χ3n) is 7.68. The highest BCUT2D eigenvalue weighted by Crippen LogP contribution is 2.28. The summed E-state index contributed by atoms with van der Waals surface area (Å²) in [5, 5.41) is 9.81. The molecule has 10 nitrogen and oxygen atoms in total. The Balaban J connectivity index is 1.14. The molecule has 0 saturated carbocycles. The fourth-order valence-electron chi connectivity index (χ4n) is 5.22. The Morgan fingerprint density at radius 2 is 1.95 bits per heavy atom. The number of rotatable bonds is 9. The largest absolute Gasteiger partial charge is 0.477 e. The lowest BCUT2D eigenvalue weighted by Gasteiger charge is -2.38. The van der Waals surface area contributed by atoms with Crippen molar-refractivity contribution >= 4 is 34.6 Å². The first kappa shape index (κ1) is 27.4. The summed E-state index contributed by atoms with van der Waals surface area (Å²) in [6.07, 6.45) is 1.03. The number of aromatic nitrogens is 4. The quantitative estimate of drug-likeness (QED) is 0.305. The minimum atomic E-state index is -1.06. The zero-order valence-corrected chi connectivity index (χ0v) is 23.3. The maximum atomic E-state index is 14.1. The highest BCUT2D eigenvalue weighted by Gasteiger charge is 2.29. The van der Waals surface area contributed by atoms with Crippen LogP contribution < -0.4 is 9.64 Å². The average Bonchev–Trinajstić information content (AvgIpc) is 3.32. The van der Waals surface area contributed by atoms with Gasteiger partial charge in [0.05, 0.1) is 18.7 Å². The summed E-state index contributed by atoms with van der Waals surface area (Å²) in [7, 11) is 0. The molecule has 4 aromatic rings. The minimum absolute atomic E-state index is 0.00185. The van der Waals surface area contributed by atoms with Crippen molar-refractivity contribution in [2.75, 3.05) is 37.7 Å².